The summed E-state index contributed by atoms with van der Waals surface area (Å²) in [6.45, 7) is 1.82. The van der Waals surface area contributed by atoms with Crippen molar-refractivity contribution < 1.29 is 9.53 Å². The molecular weight excluding hydrogens is 334 g/mol. The summed E-state index contributed by atoms with van der Waals surface area (Å²) in [4.78, 5) is 15.1. The molecule has 0 aliphatic heterocycles. The molecule has 5 nitrogen and oxygen atoms in total. The van der Waals surface area contributed by atoms with E-state index in [1.807, 2.05) is 24.3 Å². The Hall–Kier alpha value is -2.70. The molecule has 0 saturated carbocycles. The molecule has 0 aliphatic rings. The van der Waals surface area contributed by atoms with Gasteiger partial charge in [-0.3, -0.25) is 4.79 Å². The highest BCUT2D eigenvalue weighted by atomic mass is 32.1. The molecule has 128 valence electrons. The molecule has 6 heteroatoms. The molecule has 3 rings (SSSR count). The molecule has 0 unspecified atom stereocenters. The minimum Gasteiger partial charge on any atom is -0.439 e. The van der Waals surface area contributed by atoms with Gasteiger partial charge in [0.2, 0.25) is 11.8 Å². The first-order chi connectivity index (χ1) is 12.2. The maximum Gasteiger partial charge on any atom is 0.250 e. The average Bonchev–Trinajstić information content (AvgIpc) is 3.14. The van der Waals surface area contributed by atoms with Gasteiger partial charge in [-0.1, -0.05) is 12.1 Å². The van der Waals surface area contributed by atoms with E-state index >= 15 is 0 Å². The predicted molar refractivity (Wildman–Crippen MR) is 99.0 cm³/mol. The number of rotatable bonds is 8. The van der Waals surface area contributed by atoms with E-state index in [1.54, 1.807) is 23.5 Å². The van der Waals surface area contributed by atoms with E-state index in [0.29, 0.717) is 17.2 Å². The third-order valence-electron chi connectivity index (χ3n) is 3.67. The van der Waals surface area contributed by atoms with Gasteiger partial charge in [0.1, 0.15) is 5.75 Å². The van der Waals surface area contributed by atoms with Gasteiger partial charge < -0.3 is 15.8 Å². The Morgan fingerprint density at radius 3 is 2.60 bits per heavy atom. The van der Waals surface area contributed by atoms with E-state index in [2.05, 4.69) is 27.1 Å². The van der Waals surface area contributed by atoms with Crippen LogP contribution in [0, 0.1) is 0 Å². The monoisotopic (exact) mass is 353 g/mol. The number of primary amides is 1. The Kier molecular flexibility index (Phi) is 5.77. The van der Waals surface area contributed by atoms with Crippen molar-refractivity contribution in [2.24, 2.45) is 5.73 Å². The van der Waals surface area contributed by atoms with Gasteiger partial charge in [0.15, 0.2) is 0 Å². The number of thiophene rings is 1. The second-order valence-corrected chi connectivity index (χ2v) is 6.33. The Morgan fingerprint density at radius 2 is 1.96 bits per heavy atom. The first-order valence-electron chi connectivity index (χ1n) is 7.95. The van der Waals surface area contributed by atoms with Crippen molar-refractivity contribution in [3.8, 4) is 11.6 Å². The fourth-order valence-corrected chi connectivity index (χ4v) is 2.96. The molecule has 0 spiro atoms. The number of ether oxygens (including phenoxy) is 1. The number of pyridine rings is 1. The summed E-state index contributed by atoms with van der Waals surface area (Å²) in [5.41, 5.74) is 8.11. The molecule has 0 atom stereocenters. The number of amides is 1. The number of nitrogens with one attached hydrogen (secondary N) is 1. The smallest absolute Gasteiger partial charge is 0.250 e. The second kappa shape index (κ2) is 8.41. The summed E-state index contributed by atoms with van der Waals surface area (Å²) < 4.78 is 5.66. The van der Waals surface area contributed by atoms with E-state index < -0.39 is 5.91 Å². The van der Waals surface area contributed by atoms with Gasteiger partial charge >= 0.3 is 0 Å². The van der Waals surface area contributed by atoms with Crippen molar-refractivity contribution in [3.05, 3.63) is 76.1 Å². The van der Waals surface area contributed by atoms with Crippen molar-refractivity contribution in [2.75, 3.05) is 6.54 Å². The van der Waals surface area contributed by atoms with Gasteiger partial charge in [-0.25, -0.2) is 4.98 Å². The standard InChI is InChI=1S/C19H19N3O2S/c20-19(23)16-3-6-18(22-12-16)24-17-4-1-14(2-5-17)7-9-21-11-15-8-10-25-13-15/h1-6,8,10,12-13,21H,7,9,11H2,(H2,20,23). The van der Waals surface area contributed by atoms with Crippen molar-refractivity contribution in [1.82, 2.24) is 10.3 Å². The average molecular weight is 353 g/mol. The van der Waals surface area contributed by atoms with Crippen molar-refractivity contribution in [3.63, 3.8) is 0 Å². The maximum atomic E-state index is 11.0. The van der Waals surface area contributed by atoms with Crippen molar-refractivity contribution >= 4 is 17.2 Å². The molecule has 2 aromatic heterocycles. The Bertz CT molecular complexity index is 800. The van der Waals surface area contributed by atoms with Gasteiger partial charge in [-0.2, -0.15) is 11.3 Å². The van der Waals surface area contributed by atoms with Crippen LogP contribution in [0.3, 0.4) is 0 Å². The van der Waals surface area contributed by atoms with E-state index in [0.717, 1.165) is 19.5 Å². The predicted octanol–water partition coefficient (Wildman–Crippen LogP) is 3.37. The van der Waals surface area contributed by atoms with Crippen molar-refractivity contribution in [2.45, 2.75) is 13.0 Å². The Balaban J connectivity index is 1.47. The SMILES string of the molecule is NC(=O)c1ccc(Oc2ccc(CCNCc3ccsc3)cc2)nc1. The number of benzene rings is 1. The lowest BCUT2D eigenvalue weighted by Crippen LogP contribution is -2.16. The molecular formula is C19H19N3O2S. The summed E-state index contributed by atoms with van der Waals surface area (Å²) in [6, 6.07) is 13.3. The molecule has 2 heterocycles. The fourth-order valence-electron chi connectivity index (χ4n) is 2.29. The van der Waals surface area contributed by atoms with Gasteiger partial charge in [-0.05, 0) is 59.1 Å². The van der Waals surface area contributed by atoms with Crippen LogP contribution >= 0.6 is 11.3 Å². The molecule has 0 fully saturated rings. The lowest BCUT2D eigenvalue weighted by molar-refractivity contribution is 0.1000. The molecule has 3 N–H and O–H groups in total. The summed E-state index contributed by atoms with van der Waals surface area (Å²) >= 11 is 1.72. The highest BCUT2D eigenvalue weighted by Crippen LogP contribution is 2.20. The molecule has 1 amide bonds. The maximum absolute atomic E-state index is 11.0. The van der Waals surface area contributed by atoms with Crippen LogP contribution in [-0.2, 0) is 13.0 Å². The van der Waals surface area contributed by atoms with Gasteiger partial charge in [0.05, 0.1) is 5.56 Å². The minimum absolute atomic E-state index is 0.359. The first-order valence-corrected chi connectivity index (χ1v) is 8.89. The topological polar surface area (TPSA) is 77.2 Å². The number of nitrogens with zero attached hydrogens (tertiary/aromatic N) is 1. The quantitative estimate of drug-likeness (QED) is 0.609. The minimum atomic E-state index is -0.504. The molecule has 0 aliphatic carbocycles. The van der Waals surface area contributed by atoms with Crippen LogP contribution in [0.1, 0.15) is 21.5 Å². The second-order valence-electron chi connectivity index (χ2n) is 5.55. The van der Waals surface area contributed by atoms with Crippen molar-refractivity contribution in [1.29, 1.82) is 0 Å². The van der Waals surface area contributed by atoms with E-state index in [4.69, 9.17) is 10.5 Å². The van der Waals surface area contributed by atoms with Crippen LogP contribution in [0.2, 0.25) is 0 Å². The number of hydrogen-bond acceptors (Lipinski definition) is 5. The number of nitrogens with two attached hydrogens (primary N) is 1. The summed E-state index contributed by atoms with van der Waals surface area (Å²) in [5.74, 6) is 0.625. The molecule has 0 radical (unpaired) electrons. The summed E-state index contributed by atoms with van der Waals surface area (Å²) in [7, 11) is 0. The number of hydrogen-bond donors (Lipinski definition) is 2. The number of carbonyl (C=O) groups excluding carboxylic acids is 1. The highest BCUT2D eigenvalue weighted by Gasteiger charge is 2.03. The van der Waals surface area contributed by atoms with E-state index in [1.165, 1.54) is 17.3 Å². The normalized spacial score (nSPS) is 10.6. The third kappa shape index (κ3) is 5.14. The largest absolute Gasteiger partial charge is 0.439 e. The van der Waals surface area contributed by atoms with E-state index in [9.17, 15) is 4.79 Å². The van der Waals surface area contributed by atoms with Crippen LogP contribution in [0.5, 0.6) is 11.6 Å². The van der Waals surface area contributed by atoms with Crippen LogP contribution in [0.25, 0.3) is 0 Å². The molecule has 0 bridgehead atoms. The van der Waals surface area contributed by atoms with E-state index in [-0.39, 0.29) is 0 Å². The van der Waals surface area contributed by atoms with Crippen LogP contribution < -0.4 is 15.8 Å². The lowest BCUT2D eigenvalue weighted by Gasteiger charge is -2.07. The Labute approximate surface area is 150 Å². The Morgan fingerprint density at radius 1 is 1.12 bits per heavy atom. The number of aromatic nitrogens is 1. The molecule has 1 aromatic carbocycles. The molecule has 0 saturated heterocycles. The zero-order valence-electron chi connectivity index (χ0n) is 13.6. The zero-order chi connectivity index (χ0) is 17.5. The van der Waals surface area contributed by atoms with Gasteiger partial charge in [0, 0.05) is 18.8 Å². The van der Waals surface area contributed by atoms with Crippen LogP contribution in [-0.4, -0.2) is 17.4 Å². The number of carbonyl (C=O) groups is 1. The highest BCUT2D eigenvalue weighted by molar-refractivity contribution is 7.07. The summed E-state index contributed by atoms with van der Waals surface area (Å²) in [6.07, 6.45) is 2.36. The first kappa shape index (κ1) is 17.1. The summed E-state index contributed by atoms with van der Waals surface area (Å²) in [5, 5.41) is 7.68. The third-order valence-corrected chi connectivity index (χ3v) is 4.40. The van der Waals surface area contributed by atoms with Crippen LogP contribution in [0.4, 0.5) is 0 Å². The fraction of sp³-hybridized carbons (Fsp3) is 0.158. The lowest BCUT2D eigenvalue weighted by atomic mass is 10.1. The van der Waals surface area contributed by atoms with Gasteiger partial charge in [0.25, 0.3) is 0 Å². The van der Waals surface area contributed by atoms with Crippen LogP contribution in [0.15, 0.2) is 59.4 Å². The molecule has 25 heavy (non-hydrogen) atoms. The van der Waals surface area contributed by atoms with Gasteiger partial charge in [-0.15, -0.1) is 0 Å². The molecule has 3 aromatic rings. The zero-order valence-corrected chi connectivity index (χ0v) is 14.5.